The third kappa shape index (κ3) is 4.56. The van der Waals surface area contributed by atoms with Gasteiger partial charge in [0, 0.05) is 23.8 Å². The summed E-state index contributed by atoms with van der Waals surface area (Å²) in [6, 6.07) is 4.72. The second kappa shape index (κ2) is 7.95. The summed E-state index contributed by atoms with van der Waals surface area (Å²) in [5.41, 5.74) is 0.677. The summed E-state index contributed by atoms with van der Waals surface area (Å²) in [4.78, 5) is 22.0. The van der Waals surface area contributed by atoms with Gasteiger partial charge in [0.15, 0.2) is 0 Å². The average Bonchev–Trinajstić information content (AvgIpc) is 3.40. The molecule has 0 radical (unpaired) electrons. The van der Waals surface area contributed by atoms with Gasteiger partial charge in [-0.2, -0.15) is 0 Å². The van der Waals surface area contributed by atoms with Crippen LogP contribution in [0, 0.1) is 0 Å². The van der Waals surface area contributed by atoms with Gasteiger partial charge >= 0.3 is 6.09 Å². The number of hydrogen-bond acceptors (Lipinski definition) is 4. The summed E-state index contributed by atoms with van der Waals surface area (Å²) in [6.07, 6.45) is 8.34. The molecule has 5 nitrogen and oxygen atoms in total. The lowest BCUT2D eigenvalue weighted by Gasteiger charge is -2.37. The van der Waals surface area contributed by atoms with Crippen molar-refractivity contribution in [3.63, 3.8) is 0 Å². The van der Waals surface area contributed by atoms with E-state index in [9.17, 15) is 4.79 Å². The highest BCUT2D eigenvalue weighted by atomic mass is 16.6. The van der Waals surface area contributed by atoms with Crippen molar-refractivity contribution < 1.29 is 9.53 Å². The molecular weight excluding hydrogens is 326 g/mol. The molecule has 144 valence electrons. The number of amides is 1. The number of anilines is 1. The first-order valence-corrected chi connectivity index (χ1v) is 10.1. The molecule has 1 aromatic heterocycles. The number of carbonyl (C=O) groups excluding carboxylic acids is 1. The van der Waals surface area contributed by atoms with Gasteiger partial charge in [-0.3, -0.25) is 9.80 Å². The van der Waals surface area contributed by atoms with Crippen molar-refractivity contribution in [2.24, 2.45) is 0 Å². The summed E-state index contributed by atoms with van der Waals surface area (Å²) in [7, 11) is 0. The van der Waals surface area contributed by atoms with Gasteiger partial charge in [0.2, 0.25) is 0 Å². The Morgan fingerprint density at radius 2 is 2.08 bits per heavy atom. The minimum atomic E-state index is -0.502. The molecule has 1 atom stereocenters. The Hall–Kier alpha value is -1.62. The normalized spacial score (nSPS) is 21.5. The minimum absolute atomic E-state index is 0.224. The van der Waals surface area contributed by atoms with Crippen LogP contribution in [0.3, 0.4) is 0 Å². The van der Waals surface area contributed by atoms with Crippen molar-refractivity contribution in [1.82, 2.24) is 9.88 Å². The Balaban J connectivity index is 1.92. The third-order valence-electron chi connectivity index (χ3n) is 5.03. The molecular formula is C21H33N3O2. The van der Waals surface area contributed by atoms with Gasteiger partial charge in [0.25, 0.3) is 0 Å². The zero-order chi connectivity index (χ0) is 18.7. The molecule has 3 rings (SSSR count). The molecule has 5 heteroatoms. The lowest BCUT2D eigenvalue weighted by atomic mass is 9.95. The van der Waals surface area contributed by atoms with Crippen molar-refractivity contribution in [1.29, 1.82) is 0 Å². The van der Waals surface area contributed by atoms with E-state index in [-0.39, 0.29) is 12.1 Å². The van der Waals surface area contributed by atoms with Crippen LogP contribution in [0.1, 0.15) is 77.8 Å². The number of nitrogens with zero attached hydrogens (tertiary/aromatic N) is 3. The maximum Gasteiger partial charge on any atom is 0.416 e. The van der Waals surface area contributed by atoms with Crippen LogP contribution in [0.15, 0.2) is 18.3 Å². The monoisotopic (exact) mass is 359 g/mol. The Labute approximate surface area is 157 Å². The molecule has 0 spiro atoms. The van der Waals surface area contributed by atoms with Gasteiger partial charge < -0.3 is 4.74 Å². The molecule has 2 fully saturated rings. The van der Waals surface area contributed by atoms with Crippen molar-refractivity contribution >= 4 is 11.9 Å². The Morgan fingerprint density at radius 1 is 1.31 bits per heavy atom. The lowest BCUT2D eigenvalue weighted by Crippen LogP contribution is -2.41. The molecule has 0 unspecified atom stereocenters. The van der Waals surface area contributed by atoms with Crippen LogP contribution in [-0.4, -0.2) is 40.7 Å². The van der Waals surface area contributed by atoms with E-state index in [0.29, 0.717) is 6.04 Å². The molecule has 2 heterocycles. The van der Waals surface area contributed by atoms with Crippen LogP contribution in [0.25, 0.3) is 0 Å². The van der Waals surface area contributed by atoms with Crippen molar-refractivity contribution in [2.45, 2.75) is 83.9 Å². The highest BCUT2D eigenvalue weighted by Gasteiger charge is 2.39. The first-order valence-electron chi connectivity index (χ1n) is 10.1. The number of rotatable bonds is 5. The number of ether oxygens (including phenoxy) is 1. The number of hydrogen-bond donors (Lipinski definition) is 0. The first kappa shape index (κ1) is 19.2. The van der Waals surface area contributed by atoms with Gasteiger partial charge in [0.05, 0.1) is 0 Å². The van der Waals surface area contributed by atoms with E-state index in [0.717, 1.165) is 44.6 Å². The topological polar surface area (TPSA) is 45.7 Å². The summed E-state index contributed by atoms with van der Waals surface area (Å²) in [6.45, 7) is 10.2. The van der Waals surface area contributed by atoms with Crippen molar-refractivity contribution in [3.05, 3.63) is 23.9 Å². The molecule has 0 bridgehead atoms. The molecule has 0 aromatic carbocycles. The van der Waals surface area contributed by atoms with E-state index in [4.69, 9.17) is 4.74 Å². The molecule has 1 aromatic rings. The smallest absolute Gasteiger partial charge is 0.416 e. The zero-order valence-corrected chi connectivity index (χ0v) is 16.7. The van der Waals surface area contributed by atoms with Crippen molar-refractivity contribution in [2.75, 3.05) is 18.0 Å². The number of carbonyl (C=O) groups is 1. The van der Waals surface area contributed by atoms with E-state index >= 15 is 0 Å². The average molecular weight is 360 g/mol. The predicted molar refractivity (Wildman–Crippen MR) is 104 cm³/mol. The number of pyridine rings is 1. The fourth-order valence-corrected chi connectivity index (χ4v) is 3.82. The maximum atomic E-state index is 12.9. The van der Waals surface area contributed by atoms with Gasteiger partial charge in [-0.25, -0.2) is 9.78 Å². The molecule has 1 saturated carbocycles. The largest absolute Gasteiger partial charge is 0.443 e. The summed E-state index contributed by atoms with van der Waals surface area (Å²) >= 11 is 0. The fraction of sp³-hybridized carbons (Fsp3) is 0.714. The Bertz CT molecular complexity index is 620. The Morgan fingerprint density at radius 3 is 2.73 bits per heavy atom. The van der Waals surface area contributed by atoms with Crippen LogP contribution in [0.5, 0.6) is 0 Å². The van der Waals surface area contributed by atoms with Crippen LogP contribution in [-0.2, 0) is 4.74 Å². The molecule has 1 aliphatic carbocycles. The SMILES string of the molecule is CCCN1CCCC[C@H]1c1cccnc1N(C(=O)OC(C)(C)C)C1CC1. The zero-order valence-electron chi connectivity index (χ0n) is 16.7. The van der Waals surface area contributed by atoms with Crippen LogP contribution in [0.2, 0.25) is 0 Å². The summed E-state index contributed by atoms with van der Waals surface area (Å²) in [5.74, 6) is 0.803. The predicted octanol–water partition coefficient (Wildman–Crippen LogP) is 4.92. The van der Waals surface area contributed by atoms with Crippen LogP contribution >= 0.6 is 0 Å². The number of aromatic nitrogens is 1. The van der Waals surface area contributed by atoms with E-state index < -0.39 is 5.60 Å². The lowest BCUT2D eigenvalue weighted by molar-refractivity contribution is 0.0575. The second-order valence-electron chi connectivity index (χ2n) is 8.55. The highest BCUT2D eigenvalue weighted by molar-refractivity contribution is 5.89. The van der Waals surface area contributed by atoms with E-state index in [1.807, 2.05) is 31.7 Å². The van der Waals surface area contributed by atoms with Gasteiger partial charge in [-0.1, -0.05) is 19.4 Å². The van der Waals surface area contributed by atoms with Crippen LogP contribution in [0.4, 0.5) is 10.6 Å². The Kier molecular flexibility index (Phi) is 5.86. The molecule has 1 saturated heterocycles. The molecule has 26 heavy (non-hydrogen) atoms. The van der Waals surface area contributed by atoms with E-state index in [1.54, 1.807) is 6.20 Å². The highest BCUT2D eigenvalue weighted by Crippen LogP contribution is 2.39. The molecule has 2 aliphatic rings. The summed E-state index contributed by atoms with van der Waals surface area (Å²) in [5, 5.41) is 0. The maximum absolute atomic E-state index is 12.9. The van der Waals surface area contributed by atoms with Crippen molar-refractivity contribution in [3.8, 4) is 0 Å². The fourth-order valence-electron chi connectivity index (χ4n) is 3.82. The molecule has 1 amide bonds. The third-order valence-corrected chi connectivity index (χ3v) is 5.03. The van der Waals surface area contributed by atoms with Crippen LogP contribution < -0.4 is 4.90 Å². The standard InChI is InChI=1S/C21H33N3O2/c1-5-14-23-15-7-6-10-18(23)17-9-8-13-22-19(17)24(16-11-12-16)20(25)26-21(2,3)4/h8-9,13,16,18H,5-7,10-12,14-15H2,1-4H3/t18-/m0/s1. The minimum Gasteiger partial charge on any atom is -0.443 e. The number of piperidine rings is 1. The van der Waals surface area contributed by atoms with E-state index in [2.05, 4.69) is 22.9 Å². The quantitative estimate of drug-likeness (QED) is 0.748. The van der Waals surface area contributed by atoms with E-state index in [1.165, 1.54) is 18.4 Å². The van der Waals surface area contributed by atoms with Gasteiger partial charge in [-0.05, 0) is 72.0 Å². The van der Waals surface area contributed by atoms with Gasteiger partial charge in [0.1, 0.15) is 11.4 Å². The number of likely N-dealkylation sites (tertiary alicyclic amines) is 1. The first-order chi connectivity index (χ1) is 12.4. The molecule has 1 aliphatic heterocycles. The summed E-state index contributed by atoms with van der Waals surface area (Å²) < 4.78 is 5.71. The van der Waals surface area contributed by atoms with Gasteiger partial charge in [-0.15, -0.1) is 0 Å². The second-order valence-corrected chi connectivity index (χ2v) is 8.55. The molecule has 0 N–H and O–H groups in total.